The maximum atomic E-state index is 12.0. The van der Waals surface area contributed by atoms with Gasteiger partial charge in [0.05, 0.1) is 4.90 Å². The summed E-state index contributed by atoms with van der Waals surface area (Å²) in [6.45, 7) is 3.08. The van der Waals surface area contributed by atoms with Gasteiger partial charge < -0.3 is 10.6 Å². The maximum absolute atomic E-state index is 12.0. The fourth-order valence-electron chi connectivity index (χ4n) is 1.50. The molecular formula is C12H21N3O2S. The van der Waals surface area contributed by atoms with Gasteiger partial charge in [0.25, 0.3) is 0 Å². The molecule has 18 heavy (non-hydrogen) atoms. The van der Waals surface area contributed by atoms with Crippen LogP contribution in [0.15, 0.2) is 23.1 Å². The standard InChI is InChI=1S/C12H21N3O2S/c1-10-9-11(5-6-12(10)13)18(16,17)14-7-4-8-15(2)3/h5-6,9,14H,4,7-8,13H2,1-3H3. The fraction of sp³-hybridized carbons (Fsp3) is 0.500. The molecule has 0 atom stereocenters. The molecule has 0 aliphatic rings. The number of hydrogen-bond acceptors (Lipinski definition) is 4. The molecule has 0 saturated heterocycles. The highest BCUT2D eigenvalue weighted by Gasteiger charge is 2.13. The molecule has 102 valence electrons. The molecule has 0 heterocycles. The smallest absolute Gasteiger partial charge is 0.240 e. The van der Waals surface area contributed by atoms with E-state index in [1.807, 2.05) is 19.0 Å². The molecule has 0 amide bonds. The number of nitrogens with two attached hydrogens (primary N) is 1. The normalized spacial score (nSPS) is 12.0. The Morgan fingerprint density at radius 3 is 2.56 bits per heavy atom. The number of nitrogen functional groups attached to an aromatic ring is 1. The summed E-state index contributed by atoms with van der Waals surface area (Å²) in [4.78, 5) is 2.28. The van der Waals surface area contributed by atoms with Crippen molar-refractivity contribution in [3.8, 4) is 0 Å². The minimum absolute atomic E-state index is 0.263. The first-order chi connectivity index (χ1) is 8.33. The Hall–Kier alpha value is -1.11. The molecule has 5 nitrogen and oxygen atoms in total. The Morgan fingerprint density at radius 1 is 1.33 bits per heavy atom. The molecule has 1 aromatic rings. The summed E-state index contributed by atoms with van der Waals surface area (Å²) >= 11 is 0. The van der Waals surface area contributed by atoms with E-state index in [0.717, 1.165) is 18.5 Å². The van der Waals surface area contributed by atoms with Crippen molar-refractivity contribution in [2.24, 2.45) is 0 Å². The molecule has 6 heteroatoms. The van der Waals surface area contributed by atoms with Gasteiger partial charge in [0, 0.05) is 12.2 Å². The van der Waals surface area contributed by atoms with Crippen LogP contribution in [0.5, 0.6) is 0 Å². The highest BCUT2D eigenvalue weighted by molar-refractivity contribution is 7.89. The Balaban J connectivity index is 2.66. The van der Waals surface area contributed by atoms with E-state index in [-0.39, 0.29) is 4.90 Å². The Labute approximate surface area is 109 Å². The molecule has 0 aliphatic heterocycles. The number of aryl methyl sites for hydroxylation is 1. The number of rotatable bonds is 6. The Bertz CT molecular complexity index is 498. The van der Waals surface area contributed by atoms with Crippen molar-refractivity contribution < 1.29 is 8.42 Å². The van der Waals surface area contributed by atoms with Crippen LogP contribution in [-0.2, 0) is 10.0 Å². The molecule has 0 fully saturated rings. The minimum atomic E-state index is -3.42. The molecule has 0 unspecified atom stereocenters. The van der Waals surface area contributed by atoms with E-state index < -0.39 is 10.0 Å². The molecule has 1 rings (SSSR count). The number of hydrogen-bond donors (Lipinski definition) is 2. The van der Waals surface area contributed by atoms with Crippen molar-refractivity contribution in [2.75, 3.05) is 32.9 Å². The van der Waals surface area contributed by atoms with Gasteiger partial charge in [0.15, 0.2) is 0 Å². The SMILES string of the molecule is Cc1cc(S(=O)(=O)NCCCN(C)C)ccc1N. The van der Waals surface area contributed by atoms with Gasteiger partial charge in [-0.25, -0.2) is 13.1 Å². The van der Waals surface area contributed by atoms with Crippen LogP contribution in [0.25, 0.3) is 0 Å². The highest BCUT2D eigenvalue weighted by atomic mass is 32.2. The van der Waals surface area contributed by atoms with Crippen molar-refractivity contribution in [1.29, 1.82) is 0 Å². The lowest BCUT2D eigenvalue weighted by molar-refractivity contribution is 0.400. The minimum Gasteiger partial charge on any atom is -0.399 e. The van der Waals surface area contributed by atoms with Crippen molar-refractivity contribution in [3.63, 3.8) is 0 Å². The van der Waals surface area contributed by atoms with Gasteiger partial charge in [-0.15, -0.1) is 0 Å². The van der Waals surface area contributed by atoms with E-state index in [1.165, 1.54) is 6.07 Å². The largest absolute Gasteiger partial charge is 0.399 e. The molecular weight excluding hydrogens is 250 g/mol. The molecule has 1 aromatic carbocycles. The van der Waals surface area contributed by atoms with Crippen LogP contribution in [0, 0.1) is 6.92 Å². The predicted molar refractivity (Wildman–Crippen MR) is 74.0 cm³/mol. The zero-order chi connectivity index (χ0) is 13.8. The second kappa shape index (κ2) is 6.17. The van der Waals surface area contributed by atoms with E-state index in [9.17, 15) is 8.42 Å². The van der Waals surface area contributed by atoms with Crippen LogP contribution >= 0.6 is 0 Å². The van der Waals surface area contributed by atoms with E-state index >= 15 is 0 Å². The third kappa shape index (κ3) is 4.29. The fourth-order valence-corrected chi connectivity index (χ4v) is 2.66. The van der Waals surface area contributed by atoms with Gasteiger partial charge in [0.2, 0.25) is 10.0 Å². The second-order valence-corrected chi connectivity index (χ2v) is 6.34. The molecule has 0 saturated carbocycles. The molecule has 0 spiro atoms. The first-order valence-corrected chi connectivity index (χ1v) is 7.32. The zero-order valence-electron chi connectivity index (χ0n) is 11.1. The zero-order valence-corrected chi connectivity index (χ0v) is 11.9. The lowest BCUT2D eigenvalue weighted by atomic mass is 10.2. The molecule has 0 aliphatic carbocycles. The van der Waals surface area contributed by atoms with Crippen molar-refractivity contribution in [3.05, 3.63) is 23.8 Å². The first-order valence-electron chi connectivity index (χ1n) is 5.83. The Morgan fingerprint density at radius 2 is 2.00 bits per heavy atom. The lowest BCUT2D eigenvalue weighted by Crippen LogP contribution is -2.27. The summed E-state index contributed by atoms with van der Waals surface area (Å²) in [6.07, 6.45) is 0.778. The van der Waals surface area contributed by atoms with Gasteiger partial charge in [-0.1, -0.05) is 0 Å². The summed E-state index contributed by atoms with van der Waals surface area (Å²) in [5.41, 5.74) is 7.03. The van der Waals surface area contributed by atoms with Gasteiger partial charge in [-0.3, -0.25) is 0 Å². The monoisotopic (exact) mass is 271 g/mol. The summed E-state index contributed by atoms with van der Waals surface area (Å²) in [5.74, 6) is 0. The van der Waals surface area contributed by atoms with E-state index in [1.54, 1.807) is 19.1 Å². The van der Waals surface area contributed by atoms with Crippen LogP contribution in [0.4, 0.5) is 5.69 Å². The van der Waals surface area contributed by atoms with Crippen LogP contribution in [-0.4, -0.2) is 40.5 Å². The van der Waals surface area contributed by atoms with Gasteiger partial charge in [0.1, 0.15) is 0 Å². The van der Waals surface area contributed by atoms with Crippen molar-refractivity contribution >= 4 is 15.7 Å². The number of anilines is 1. The maximum Gasteiger partial charge on any atom is 0.240 e. The van der Waals surface area contributed by atoms with E-state index in [4.69, 9.17) is 5.73 Å². The van der Waals surface area contributed by atoms with E-state index in [2.05, 4.69) is 4.72 Å². The first kappa shape index (κ1) is 14.9. The third-order valence-electron chi connectivity index (χ3n) is 2.63. The van der Waals surface area contributed by atoms with Crippen LogP contribution < -0.4 is 10.5 Å². The van der Waals surface area contributed by atoms with Gasteiger partial charge in [-0.2, -0.15) is 0 Å². The summed E-state index contributed by atoms with van der Waals surface area (Å²) in [7, 11) is 0.491. The Kier molecular flexibility index (Phi) is 5.13. The summed E-state index contributed by atoms with van der Waals surface area (Å²) < 4.78 is 26.5. The predicted octanol–water partition coefficient (Wildman–Crippen LogP) is 0.807. The van der Waals surface area contributed by atoms with Crippen LogP contribution in [0.1, 0.15) is 12.0 Å². The molecule has 0 radical (unpaired) electrons. The van der Waals surface area contributed by atoms with Gasteiger partial charge in [-0.05, 0) is 57.7 Å². The number of nitrogens with zero attached hydrogens (tertiary/aromatic N) is 1. The summed E-state index contributed by atoms with van der Waals surface area (Å²) in [5, 5.41) is 0. The topological polar surface area (TPSA) is 75.4 Å². The van der Waals surface area contributed by atoms with E-state index in [0.29, 0.717) is 12.2 Å². The van der Waals surface area contributed by atoms with Gasteiger partial charge >= 0.3 is 0 Å². The highest BCUT2D eigenvalue weighted by Crippen LogP contribution is 2.16. The van der Waals surface area contributed by atoms with Crippen LogP contribution in [0.3, 0.4) is 0 Å². The van der Waals surface area contributed by atoms with Crippen molar-refractivity contribution in [2.45, 2.75) is 18.2 Å². The molecule has 0 aromatic heterocycles. The third-order valence-corrected chi connectivity index (χ3v) is 4.08. The van der Waals surface area contributed by atoms with Crippen LogP contribution in [0.2, 0.25) is 0 Å². The summed E-state index contributed by atoms with van der Waals surface area (Å²) in [6, 6.07) is 4.73. The number of benzene rings is 1. The molecule has 0 bridgehead atoms. The average molecular weight is 271 g/mol. The molecule has 3 N–H and O–H groups in total. The van der Waals surface area contributed by atoms with Crippen molar-refractivity contribution in [1.82, 2.24) is 9.62 Å². The average Bonchev–Trinajstić information content (AvgIpc) is 2.28. The number of nitrogens with one attached hydrogen (secondary N) is 1. The second-order valence-electron chi connectivity index (χ2n) is 4.57. The quantitative estimate of drug-likeness (QED) is 0.593. The number of sulfonamides is 1. The lowest BCUT2D eigenvalue weighted by Gasteiger charge is -2.11.